The number of nitrogens with two attached hydrogens (primary N) is 1. The largest absolute Gasteiger partial charge is 0.354 e. The van der Waals surface area contributed by atoms with Gasteiger partial charge in [-0.2, -0.15) is 0 Å². The van der Waals surface area contributed by atoms with E-state index in [9.17, 15) is 0 Å². The van der Waals surface area contributed by atoms with Crippen molar-refractivity contribution in [1.29, 1.82) is 0 Å². The Bertz CT molecular complexity index is 498. The van der Waals surface area contributed by atoms with Crippen molar-refractivity contribution in [1.82, 2.24) is 14.4 Å². The average molecular weight is 217 g/mol. The van der Waals surface area contributed by atoms with Crippen molar-refractivity contribution in [2.75, 3.05) is 18.0 Å². The molecular formula is C11H15N5. The van der Waals surface area contributed by atoms with Gasteiger partial charge < -0.3 is 15.0 Å². The van der Waals surface area contributed by atoms with Gasteiger partial charge in [-0.25, -0.2) is 9.97 Å². The zero-order valence-corrected chi connectivity index (χ0v) is 9.13. The molecule has 3 rings (SSSR count). The lowest BCUT2D eigenvalue weighted by Gasteiger charge is -2.16. The Balaban J connectivity index is 2.12. The van der Waals surface area contributed by atoms with Crippen LogP contribution in [0.3, 0.4) is 0 Å². The van der Waals surface area contributed by atoms with Crippen LogP contribution in [-0.2, 0) is 6.54 Å². The summed E-state index contributed by atoms with van der Waals surface area (Å²) in [7, 11) is 0. The van der Waals surface area contributed by atoms with Crippen molar-refractivity contribution in [2.45, 2.75) is 19.4 Å². The van der Waals surface area contributed by atoms with Crippen molar-refractivity contribution < 1.29 is 0 Å². The molecule has 0 radical (unpaired) electrons. The molecule has 2 N–H and O–H groups in total. The van der Waals surface area contributed by atoms with Gasteiger partial charge in [-0.15, -0.1) is 0 Å². The number of nitrogens with zero attached hydrogens (tertiary/aromatic N) is 4. The molecule has 1 aliphatic heterocycles. The summed E-state index contributed by atoms with van der Waals surface area (Å²) in [6.07, 6.45) is 8.20. The lowest BCUT2D eigenvalue weighted by molar-refractivity contribution is 0.927. The van der Waals surface area contributed by atoms with Gasteiger partial charge in [0, 0.05) is 38.2 Å². The Morgan fingerprint density at radius 2 is 2.12 bits per heavy atom. The minimum Gasteiger partial charge on any atom is -0.354 e. The van der Waals surface area contributed by atoms with Crippen molar-refractivity contribution in [3.05, 3.63) is 24.3 Å². The molecule has 0 saturated carbocycles. The van der Waals surface area contributed by atoms with Crippen LogP contribution in [0.2, 0.25) is 0 Å². The maximum Gasteiger partial charge on any atom is 0.180 e. The van der Waals surface area contributed by atoms with E-state index in [-0.39, 0.29) is 0 Å². The van der Waals surface area contributed by atoms with Crippen LogP contribution in [-0.4, -0.2) is 27.5 Å². The molecule has 0 atom stereocenters. The standard InChI is InChI=1S/C11H15N5/c12-7-9-8-16-6-3-13-10(11(16)14-9)15-4-1-2-5-15/h3,6,8H,1-2,4-5,7,12H2. The van der Waals surface area contributed by atoms with E-state index in [1.54, 1.807) is 0 Å². The van der Waals surface area contributed by atoms with Crippen molar-refractivity contribution in [3.8, 4) is 0 Å². The fraction of sp³-hybridized carbons (Fsp3) is 0.455. The Hall–Kier alpha value is -1.62. The summed E-state index contributed by atoms with van der Waals surface area (Å²) >= 11 is 0. The molecule has 0 aromatic carbocycles. The topological polar surface area (TPSA) is 59.5 Å². The van der Waals surface area contributed by atoms with E-state index in [2.05, 4.69) is 14.9 Å². The number of rotatable bonds is 2. The number of aromatic nitrogens is 3. The van der Waals surface area contributed by atoms with Gasteiger partial charge in [0.15, 0.2) is 11.5 Å². The van der Waals surface area contributed by atoms with Gasteiger partial charge in [0.2, 0.25) is 0 Å². The monoisotopic (exact) mass is 217 g/mol. The Morgan fingerprint density at radius 3 is 2.88 bits per heavy atom. The van der Waals surface area contributed by atoms with Gasteiger partial charge in [0.1, 0.15) is 0 Å². The quantitative estimate of drug-likeness (QED) is 0.808. The zero-order valence-electron chi connectivity index (χ0n) is 9.13. The van der Waals surface area contributed by atoms with Crippen LogP contribution in [0, 0.1) is 0 Å². The smallest absolute Gasteiger partial charge is 0.180 e. The molecular weight excluding hydrogens is 202 g/mol. The van der Waals surface area contributed by atoms with Crippen molar-refractivity contribution >= 4 is 11.5 Å². The molecule has 1 aliphatic rings. The Morgan fingerprint density at radius 1 is 1.31 bits per heavy atom. The van der Waals surface area contributed by atoms with E-state index in [0.717, 1.165) is 30.2 Å². The van der Waals surface area contributed by atoms with E-state index in [1.165, 1.54) is 12.8 Å². The molecule has 84 valence electrons. The highest BCUT2D eigenvalue weighted by Crippen LogP contribution is 2.22. The van der Waals surface area contributed by atoms with E-state index in [1.807, 2.05) is 23.0 Å². The van der Waals surface area contributed by atoms with Crippen molar-refractivity contribution in [2.24, 2.45) is 5.73 Å². The Labute approximate surface area is 93.9 Å². The molecule has 1 fully saturated rings. The van der Waals surface area contributed by atoms with E-state index >= 15 is 0 Å². The molecule has 0 aliphatic carbocycles. The molecule has 3 heterocycles. The molecule has 2 aromatic rings. The lowest BCUT2D eigenvalue weighted by Crippen LogP contribution is -2.19. The van der Waals surface area contributed by atoms with Crippen LogP contribution in [0.1, 0.15) is 18.5 Å². The van der Waals surface area contributed by atoms with E-state index in [0.29, 0.717) is 6.54 Å². The predicted octanol–water partition coefficient (Wildman–Crippen LogP) is 0.788. The first-order valence-electron chi connectivity index (χ1n) is 5.66. The molecule has 5 nitrogen and oxygen atoms in total. The van der Waals surface area contributed by atoms with Crippen molar-refractivity contribution in [3.63, 3.8) is 0 Å². The molecule has 16 heavy (non-hydrogen) atoms. The van der Waals surface area contributed by atoms with Crippen LogP contribution in [0.25, 0.3) is 5.65 Å². The highest BCUT2D eigenvalue weighted by atomic mass is 15.2. The van der Waals surface area contributed by atoms with E-state index < -0.39 is 0 Å². The summed E-state index contributed by atoms with van der Waals surface area (Å²) in [5, 5.41) is 0. The lowest BCUT2D eigenvalue weighted by atomic mass is 10.4. The van der Waals surface area contributed by atoms with Gasteiger partial charge >= 0.3 is 0 Å². The summed E-state index contributed by atoms with van der Waals surface area (Å²) in [6.45, 7) is 2.64. The van der Waals surface area contributed by atoms with Gasteiger partial charge in [-0.05, 0) is 12.8 Å². The minimum absolute atomic E-state index is 0.473. The fourth-order valence-electron chi connectivity index (χ4n) is 2.21. The molecule has 1 saturated heterocycles. The summed E-state index contributed by atoms with van der Waals surface area (Å²) < 4.78 is 2.00. The molecule has 0 bridgehead atoms. The first kappa shape index (κ1) is 9.59. The zero-order chi connectivity index (χ0) is 11.0. The van der Waals surface area contributed by atoms with Crippen LogP contribution < -0.4 is 10.6 Å². The first-order valence-corrected chi connectivity index (χ1v) is 5.66. The highest BCUT2D eigenvalue weighted by Gasteiger charge is 2.17. The SMILES string of the molecule is NCc1cn2ccnc(N3CCCC3)c2n1. The van der Waals surface area contributed by atoms with Crippen LogP contribution in [0.15, 0.2) is 18.6 Å². The molecule has 5 heteroatoms. The Kier molecular flexibility index (Phi) is 2.25. The van der Waals surface area contributed by atoms with Gasteiger partial charge in [0.05, 0.1) is 5.69 Å². The fourth-order valence-corrected chi connectivity index (χ4v) is 2.21. The summed E-state index contributed by atoms with van der Waals surface area (Å²) in [5.41, 5.74) is 7.44. The molecule has 2 aromatic heterocycles. The van der Waals surface area contributed by atoms with Gasteiger partial charge in [0.25, 0.3) is 0 Å². The predicted molar refractivity (Wildman–Crippen MR) is 62.3 cm³/mol. The number of hydrogen-bond acceptors (Lipinski definition) is 4. The van der Waals surface area contributed by atoms with Crippen LogP contribution >= 0.6 is 0 Å². The second-order valence-electron chi connectivity index (χ2n) is 4.11. The third-order valence-electron chi connectivity index (χ3n) is 3.02. The number of fused-ring (bicyclic) bond motifs is 1. The first-order chi connectivity index (χ1) is 7.88. The molecule has 0 spiro atoms. The summed E-state index contributed by atoms with van der Waals surface area (Å²) in [6, 6.07) is 0. The summed E-state index contributed by atoms with van der Waals surface area (Å²) in [5.74, 6) is 0.986. The van der Waals surface area contributed by atoms with Crippen LogP contribution in [0.4, 0.5) is 5.82 Å². The van der Waals surface area contributed by atoms with Gasteiger partial charge in [-0.3, -0.25) is 0 Å². The number of imidazole rings is 1. The minimum atomic E-state index is 0.473. The third-order valence-corrected chi connectivity index (χ3v) is 3.02. The maximum absolute atomic E-state index is 5.61. The van der Waals surface area contributed by atoms with Crippen LogP contribution in [0.5, 0.6) is 0 Å². The summed E-state index contributed by atoms with van der Waals surface area (Å²) in [4.78, 5) is 11.2. The second-order valence-corrected chi connectivity index (χ2v) is 4.11. The van der Waals surface area contributed by atoms with E-state index in [4.69, 9.17) is 5.73 Å². The second kappa shape index (κ2) is 3.75. The number of anilines is 1. The maximum atomic E-state index is 5.61. The molecule has 0 unspecified atom stereocenters. The highest BCUT2D eigenvalue weighted by molar-refractivity contribution is 5.64. The third kappa shape index (κ3) is 1.44. The average Bonchev–Trinajstić information content (AvgIpc) is 2.97. The normalized spacial score (nSPS) is 16.2. The number of hydrogen-bond donors (Lipinski definition) is 1. The van der Waals surface area contributed by atoms with Gasteiger partial charge in [-0.1, -0.05) is 0 Å². The molecule has 0 amide bonds.